The third kappa shape index (κ3) is 2.89. The van der Waals surface area contributed by atoms with E-state index in [4.69, 9.17) is 0 Å². The molecule has 1 aromatic carbocycles. The van der Waals surface area contributed by atoms with Crippen LogP contribution < -0.4 is 11.0 Å². The second-order valence-electron chi connectivity index (χ2n) is 7.80. The van der Waals surface area contributed by atoms with E-state index >= 15 is 0 Å². The molecule has 0 spiro atoms. The number of aliphatic hydroxyl groups excluding tert-OH is 1. The fourth-order valence-corrected chi connectivity index (χ4v) is 4.20. The number of pyridine rings is 2. The second kappa shape index (κ2) is 7.31. The van der Waals surface area contributed by atoms with Crippen molar-refractivity contribution in [3.8, 4) is 16.8 Å². The maximum absolute atomic E-state index is 13.2. The Bertz CT molecular complexity index is 1560. The molecular formula is C23H23N7O2. The summed E-state index contributed by atoms with van der Waals surface area (Å²) in [6.07, 6.45) is 5.32. The van der Waals surface area contributed by atoms with Crippen molar-refractivity contribution in [2.45, 2.75) is 13.5 Å². The lowest BCUT2D eigenvalue weighted by Crippen LogP contribution is -2.21. The number of rotatable bonds is 4. The summed E-state index contributed by atoms with van der Waals surface area (Å²) in [6.45, 7) is 1.75. The average Bonchev–Trinajstić information content (AvgIpc) is 3.27. The number of nitrogens with one attached hydrogen (secondary N) is 1. The average molecular weight is 429 g/mol. The summed E-state index contributed by atoms with van der Waals surface area (Å²) in [5.41, 5.74) is 6.87. The van der Waals surface area contributed by atoms with Crippen LogP contribution in [0.5, 0.6) is 0 Å². The SMILES string of the molecule is CNc1cc(-c2ccc3ncc4c(c3c2)n(-c2cn(C)nc2C)c(=O)n4C)cnc1CO. The zero-order valence-electron chi connectivity index (χ0n) is 18.3. The number of benzene rings is 1. The van der Waals surface area contributed by atoms with Crippen LogP contribution in [0.4, 0.5) is 5.69 Å². The molecule has 0 atom stereocenters. The van der Waals surface area contributed by atoms with Crippen LogP contribution in [0.2, 0.25) is 0 Å². The standard InChI is InChI=1S/C23H23N7O2/c1-13-21(11-28(3)27-13)30-22-16-7-14(15-8-18(24-2)19(12-31)25-9-15)5-6-17(16)26-10-20(22)29(4)23(30)32/h5-11,24,31H,12H2,1-4H3. The van der Waals surface area contributed by atoms with Gasteiger partial charge in [-0.15, -0.1) is 0 Å². The van der Waals surface area contributed by atoms with Crippen LogP contribution in [0.15, 0.2) is 47.7 Å². The van der Waals surface area contributed by atoms with E-state index in [1.165, 1.54) is 0 Å². The fraction of sp³-hybridized carbons (Fsp3) is 0.217. The first kappa shape index (κ1) is 20.0. The molecule has 0 saturated heterocycles. The smallest absolute Gasteiger partial charge is 0.333 e. The highest BCUT2D eigenvalue weighted by Gasteiger charge is 2.19. The number of hydrogen-bond acceptors (Lipinski definition) is 6. The molecule has 0 amide bonds. The molecule has 0 saturated carbocycles. The molecule has 5 rings (SSSR count). The van der Waals surface area contributed by atoms with Gasteiger partial charge in [0.2, 0.25) is 0 Å². The van der Waals surface area contributed by atoms with E-state index < -0.39 is 0 Å². The molecule has 4 heterocycles. The van der Waals surface area contributed by atoms with Crippen LogP contribution in [0.3, 0.4) is 0 Å². The number of aromatic nitrogens is 6. The van der Waals surface area contributed by atoms with Gasteiger partial charge in [0.05, 0.1) is 52.1 Å². The van der Waals surface area contributed by atoms with Crippen LogP contribution in [-0.4, -0.2) is 41.0 Å². The van der Waals surface area contributed by atoms with E-state index in [1.54, 1.807) is 40.3 Å². The Balaban J connectivity index is 1.83. The van der Waals surface area contributed by atoms with Crippen molar-refractivity contribution in [3.63, 3.8) is 0 Å². The molecule has 9 nitrogen and oxygen atoms in total. The lowest BCUT2D eigenvalue weighted by atomic mass is 10.0. The first-order valence-electron chi connectivity index (χ1n) is 10.2. The summed E-state index contributed by atoms with van der Waals surface area (Å²) in [5, 5.41) is 17.9. The second-order valence-corrected chi connectivity index (χ2v) is 7.80. The first-order valence-corrected chi connectivity index (χ1v) is 10.2. The summed E-state index contributed by atoms with van der Waals surface area (Å²) >= 11 is 0. The molecule has 0 bridgehead atoms. The van der Waals surface area contributed by atoms with Crippen LogP contribution in [0, 0.1) is 6.92 Å². The Morgan fingerprint density at radius 3 is 2.59 bits per heavy atom. The topological polar surface area (TPSA) is 103 Å². The molecule has 162 valence electrons. The summed E-state index contributed by atoms with van der Waals surface area (Å²) in [6, 6.07) is 7.91. The molecular weight excluding hydrogens is 406 g/mol. The molecule has 0 aliphatic carbocycles. The molecule has 4 aromatic heterocycles. The van der Waals surface area contributed by atoms with E-state index in [9.17, 15) is 9.90 Å². The highest BCUT2D eigenvalue weighted by atomic mass is 16.3. The fourth-order valence-electron chi connectivity index (χ4n) is 4.20. The van der Waals surface area contributed by atoms with E-state index in [2.05, 4.69) is 20.4 Å². The highest BCUT2D eigenvalue weighted by molar-refractivity contribution is 6.04. The number of nitrogens with zero attached hydrogens (tertiary/aromatic N) is 6. The summed E-state index contributed by atoms with van der Waals surface area (Å²) < 4.78 is 5.02. The van der Waals surface area contributed by atoms with Gasteiger partial charge in [-0.2, -0.15) is 5.10 Å². The predicted octanol–water partition coefficient (Wildman–Crippen LogP) is 2.52. The quantitative estimate of drug-likeness (QED) is 0.455. The highest BCUT2D eigenvalue weighted by Crippen LogP contribution is 2.31. The van der Waals surface area contributed by atoms with Crippen LogP contribution in [0.25, 0.3) is 38.8 Å². The van der Waals surface area contributed by atoms with Gasteiger partial charge in [0, 0.05) is 44.5 Å². The van der Waals surface area contributed by atoms with Crippen molar-refractivity contribution in [3.05, 3.63) is 64.7 Å². The Kier molecular flexibility index (Phi) is 4.56. The van der Waals surface area contributed by atoms with Crippen molar-refractivity contribution >= 4 is 27.6 Å². The first-order chi connectivity index (χ1) is 15.4. The van der Waals surface area contributed by atoms with Gasteiger partial charge in [-0.1, -0.05) is 6.07 Å². The van der Waals surface area contributed by atoms with Gasteiger partial charge in [0.25, 0.3) is 0 Å². The monoisotopic (exact) mass is 429 g/mol. The third-order valence-corrected chi connectivity index (χ3v) is 5.83. The molecule has 9 heteroatoms. The Morgan fingerprint density at radius 2 is 1.91 bits per heavy atom. The largest absolute Gasteiger partial charge is 0.390 e. The lowest BCUT2D eigenvalue weighted by molar-refractivity contribution is 0.277. The Labute approximate surface area is 183 Å². The molecule has 0 radical (unpaired) electrons. The molecule has 5 aromatic rings. The van der Waals surface area contributed by atoms with Gasteiger partial charge in [-0.3, -0.25) is 23.8 Å². The summed E-state index contributed by atoms with van der Waals surface area (Å²) in [4.78, 5) is 22.2. The normalized spacial score (nSPS) is 11.5. The number of hydrogen-bond donors (Lipinski definition) is 2. The number of fused-ring (bicyclic) bond motifs is 3. The van der Waals surface area contributed by atoms with Crippen LogP contribution in [0.1, 0.15) is 11.4 Å². The number of aliphatic hydroxyl groups is 1. The molecule has 2 N–H and O–H groups in total. The van der Waals surface area contributed by atoms with Crippen molar-refractivity contribution in [1.82, 2.24) is 28.9 Å². The summed E-state index contributed by atoms with van der Waals surface area (Å²) in [7, 11) is 5.39. The maximum atomic E-state index is 13.2. The number of anilines is 1. The minimum atomic E-state index is -0.151. The van der Waals surface area contributed by atoms with E-state index in [1.807, 2.05) is 44.4 Å². The van der Waals surface area contributed by atoms with Crippen molar-refractivity contribution in [2.24, 2.45) is 14.1 Å². The Hall–Kier alpha value is -3.98. The van der Waals surface area contributed by atoms with Gasteiger partial charge >= 0.3 is 5.69 Å². The van der Waals surface area contributed by atoms with Gasteiger partial charge < -0.3 is 10.4 Å². The van der Waals surface area contributed by atoms with E-state index in [-0.39, 0.29) is 12.3 Å². The maximum Gasteiger partial charge on any atom is 0.333 e. The van der Waals surface area contributed by atoms with E-state index in [0.717, 1.165) is 50.1 Å². The summed E-state index contributed by atoms with van der Waals surface area (Å²) in [5.74, 6) is 0. The molecule has 0 fully saturated rings. The minimum Gasteiger partial charge on any atom is -0.390 e. The van der Waals surface area contributed by atoms with Gasteiger partial charge in [-0.05, 0) is 30.7 Å². The molecule has 32 heavy (non-hydrogen) atoms. The zero-order valence-corrected chi connectivity index (χ0v) is 18.3. The third-order valence-electron chi connectivity index (χ3n) is 5.83. The van der Waals surface area contributed by atoms with Crippen molar-refractivity contribution < 1.29 is 5.11 Å². The zero-order chi connectivity index (χ0) is 22.6. The van der Waals surface area contributed by atoms with Crippen molar-refractivity contribution in [2.75, 3.05) is 12.4 Å². The number of aryl methyl sites for hydroxylation is 3. The predicted molar refractivity (Wildman–Crippen MR) is 124 cm³/mol. The molecule has 0 aliphatic heterocycles. The Morgan fingerprint density at radius 1 is 1.09 bits per heavy atom. The van der Waals surface area contributed by atoms with Crippen molar-refractivity contribution in [1.29, 1.82) is 0 Å². The molecule has 0 aliphatic rings. The van der Waals surface area contributed by atoms with Gasteiger partial charge in [-0.25, -0.2) is 4.79 Å². The van der Waals surface area contributed by atoms with Gasteiger partial charge in [0.1, 0.15) is 0 Å². The van der Waals surface area contributed by atoms with E-state index in [0.29, 0.717) is 5.69 Å². The number of imidazole rings is 1. The van der Waals surface area contributed by atoms with Crippen LogP contribution >= 0.6 is 0 Å². The van der Waals surface area contributed by atoms with Gasteiger partial charge in [0.15, 0.2) is 0 Å². The van der Waals surface area contributed by atoms with Crippen LogP contribution in [-0.2, 0) is 20.7 Å². The minimum absolute atomic E-state index is 0.139. The lowest BCUT2D eigenvalue weighted by Gasteiger charge is -2.10. The molecule has 0 unspecified atom stereocenters.